The Bertz CT molecular complexity index is 862. The van der Waals surface area contributed by atoms with Crippen LogP contribution in [0.3, 0.4) is 0 Å². The average Bonchev–Trinajstić information content (AvgIpc) is 2.70. The highest BCUT2D eigenvalue weighted by molar-refractivity contribution is 5.97. The summed E-state index contributed by atoms with van der Waals surface area (Å²) < 4.78 is 5.23. The Morgan fingerprint density at radius 3 is 2.29 bits per heavy atom. The summed E-state index contributed by atoms with van der Waals surface area (Å²) >= 11 is 0. The van der Waals surface area contributed by atoms with Crippen LogP contribution in [0.15, 0.2) is 18.2 Å². The molecule has 0 radical (unpaired) electrons. The molecule has 4 fully saturated rings. The molecule has 1 amide bonds. The lowest BCUT2D eigenvalue weighted by molar-refractivity contribution is -0.384. The van der Waals surface area contributed by atoms with Crippen LogP contribution in [-0.4, -0.2) is 43.5 Å². The molecule has 0 spiro atoms. The first-order valence-corrected chi connectivity index (χ1v) is 11.1. The van der Waals surface area contributed by atoms with E-state index in [2.05, 4.69) is 12.2 Å². The number of anilines is 1. The van der Waals surface area contributed by atoms with Gasteiger partial charge in [0.1, 0.15) is 0 Å². The van der Waals surface area contributed by atoms with Gasteiger partial charge in [0.15, 0.2) is 6.61 Å². The zero-order chi connectivity index (χ0) is 22.3. The van der Waals surface area contributed by atoms with Gasteiger partial charge in [-0.3, -0.25) is 14.9 Å². The molecule has 0 heterocycles. The maximum Gasteiger partial charge on any atom is 0.341 e. The van der Waals surface area contributed by atoms with Gasteiger partial charge in [-0.15, -0.1) is 0 Å². The van der Waals surface area contributed by atoms with Crippen molar-refractivity contribution < 1.29 is 19.2 Å². The Hall–Kier alpha value is -2.64. The highest BCUT2D eigenvalue weighted by Gasteiger charge is 2.53. The van der Waals surface area contributed by atoms with Crippen molar-refractivity contribution in [1.82, 2.24) is 5.32 Å². The molecule has 1 atom stereocenters. The van der Waals surface area contributed by atoms with Gasteiger partial charge in [0.05, 0.1) is 16.2 Å². The molecular formula is C23H31N3O5. The number of rotatable bonds is 7. The lowest BCUT2D eigenvalue weighted by atomic mass is 9.48. The molecule has 1 aromatic carbocycles. The topological polar surface area (TPSA) is 102 Å². The molecule has 1 aromatic rings. The van der Waals surface area contributed by atoms with E-state index in [1.807, 2.05) is 0 Å². The van der Waals surface area contributed by atoms with Gasteiger partial charge in [-0.05, 0) is 74.7 Å². The van der Waals surface area contributed by atoms with Crippen molar-refractivity contribution in [3.63, 3.8) is 0 Å². The first-order chi connectivity index (χ1) is 14.7. The third kappa shape index (κ3) is 4.25. The predicted octanol–water partition coefficient (Wildman–Crippen LogP) is 3.54. The van der Waals surface area contributed by atoms with Crippen molar-refractivity contribution in [2.75, 3.05) is 25.6 Å². The van der Waals surface area contributed by atoms with E-state index in [1.54, 1.807) is 19.0 Å². The van der Waals surface area contributed by atoms with Crippen LogP contribution in [0.25, 0.3) is 0 Å². The smallest absolute Gasteiger partial charge is 0.341 e. The van der Waals surface area contributed by atoms with Gasteiger partial charge >= 0.3 is 5.97 Å². The molecule has 0 aromatic heterocycles. The molecule has 0 saturated heterocycles. The van der Waals surface area contributed by atoms with Crippen molar-refractivity contribution in [2.45, 2.75) is 51.5 Å². The van der Waals surface area contributed by atoms with Crippen molar-refractivity contribution in [3.05, 3.63) is 33.9 Å². The summed E-state index contributed by atoms with van der Waals surface area (Å²) in [5.74, 6) is 1.31. The van der Waals surface area contributed by atoms with Crippen LogP contribution in [-0.2, 0) is 9.53 Å². The van der Waals surface area contributed by atoms with Crippen molar-refractivity contribution >= 4 is 23.3 Å². The second-order valence-corrected chi connectivity index (χ2v) is 10.00. The number of ether oxygens (including phenoxy) is 1. The molecule has 0 unspecified atom stereocenters. The van der Waals surface area contributed by atoms with Gasteiger partial charge in [-0.1, -0.05) is 0 Å². The second kappa shape index (κ2) is 8.13. The quantitative estimate of drug-likeness (QED) is 0.404. The molecule has 5 rings (SSSR count). The number of benzene rings is 1. The number of carbonyl (C=O) groups is 2. The number of amides is 1. The van der Waals surface area contributed by atoms with Crippen molar-refractivity contribution in [2.24, 2.45) is 23.2 Å². The van der Waals surface area contributed by atoms with E-state index in [0.29, 0.717) is 5.69 Å². The summed E-state index contributed by atoms with van der Waals surface area (Å²) in [6.45, 7) is 1.68. The predicted molar refractivity (Wildman–Crippen MR) is 116 cm³/mol. The molecule has 31 heavy (non-hydrogen) atoms. The van der Waals surface area contributed by atoms with Gasteiger partial charge in [-0.2, -0.15) is 0 Å². The Balaban J connectivity index is 1.37. The number of nitro groups is 1. The number of hydrogen-bond donors (Lipinski definition) is 1. The number of nitro benzene ring substituents is 1. The van der Waals surface area contributed by atoms with Gasteiger partial charge in [0.25, 0.3) is 11.6 Å². The van der Waals surface area contributed by atoms with Crippen LogP contribution in [0.1, 0.15) is 55.8 Å². The zero-order valence-corrected chi connectivity index (χ0v) is 18.4. The summed E-state index contributed by atoms with van der Waals surface area (Å²) in [4.78, 5) is 37.4. The SMILES string of the molecule is C[C@@H](NC(=O)COC(=O)c1cc([N+](=O)[O-])ccc1N(C)C)C12CC3CC(CC(C3)C1)C2. The van der Waals surface area contributed by atoms with E-state index in [0.717, 1.165) is 17.8 Å². The van der Waals surface area contributed by atoms with Gasteiger partial charge < -0.3 is 15.0 Å². The fourth-order valence-electron chi connectivity index (χ4n) is 6.54. The lowest BCUT2D eigenvalue weighted by Crippen LogP contribution is -2.56. The summed E-state index contributed by atoms with van der Waals surface area (Å²) in [6.07, 6.45) is 7.57. The Morgan fingerprint density at radius 1 is 1.19 bits per heavy atom. The molecule has 4 bridgehead atoms. The number of nitrogens with zero attached hydrogens (tertiary/aromatic N) is 2. The minimum atomic E-state index is -0.745. The molecular weight excluding hydrogens is 398 g/mol. The number of carbonyl (C=O) groups excluding carboxylic acids is 2. The highest BCUT2D eigenvalue weighted by Crippen LogP contribution is 2.61. The average molecular weight is 430 g/mol. The molecule has 4 aliphatic rings. The van der Waals surface area contributed by atoms with Gasteiger partial charge in [-0.25, -0.2) is 4.79 Å². The van der Waals surface area contributed by atoms with E-state index in [4.69, 9.17) is 4.74 Å². The number of nitrogens with one attached hydrogen (secondary N) is 1. The van der Waals surface area contributed by atoms with Crippen LogP contribution in [0.5, 0.6) is 0 Å². The number of hydrogen-bond acceptors (Lipinski definition) is 6. The second-order valence-electron chi connectivity index (χ2n) is 10.00. The van der Waals surface area contributed by atoms with E-state index in [-0.39, 0.29) is 28.6 Å². The fraction of sp³-hybridized carbons (Fsp3) is 0.652. The first kappa shape index (κ1) is 21.6. The van der Waals surface area contributed by atoms with Gasteiger partial charge in [0, 0.05) is 32.3 Å². The minimum absolute atomic E-state index is 0.0438. The number of non-ortho nitro benzene ring substituents is 1. The van der Waals surface area contributed by atoms with Crippen molar-refractivity contribution in [3.8, 4) is 0 Å². The standard InChI is InChI=1S/C23H31N3O5/c1-14(23-10-15-6-16(11-23)8-17(7-15)12-23)24-21(27)13-31-22(28)19-9-18(26(29)30)4-5-20(19)25(2)3/h4-5,9,14-17H,6-8,10-13H2,1-3H3,(H,24,27)/t14-,15?,16?,17?,23?/m1/s1. The molecule has 8 nitrogen and oxygen atoms in total. The molecule has 1 N–H and O–H groups in total. The number of esters is 1. The van der Waals surface area contributed by atoms with Gasteiger partial charge in [0.2, 0.25) is 0 Å². The van der Waals surface area contributed by atoms with Crippen LogP contribution in [0, 0.1) is 33.3 Å². The zero-order valence-electron chi connectivity index (χ0n) is 18.4. The van der Waals surface area contributed by atoms with E-state index < -0.39 is 17.5 Å². The third-order valence-corrected chi connectivity index (χ3v) is 7.61. The molecule has 0 aliphatic heterocycles. The Labute approximate surface area is 182 Å². The summed E-state index contributed by atoms with van der Waals surface area (Å²) in [7, 11) is 3.47. The lowest BCUT2D eigenvalue weighted by Gasteiger charge is -2.59. The first-order valence-electron chi connectivity index (χ1n) is 11.1. The monoisotopic (exact) mass is 429 g/mol. The van der Waals surface area contributed by atoms with Crippen LogP contribution >= 0.6 is 0 Å². The van der Waals surface area contributed by atoms with Crippen LogP contribution in [0.2, 0.25) is 0 Å². The normalized spacial score (nSPS) is 29.3. The van der Waals surface area contributed by atoms with Crippen molar-refractivity contribution in [1.29, 1.82) is 0 Å². The molecule has 168 valence electrons. The Kier molecular flexibility index (Phi) is 5.66. The van der Waals surface area contributed by atoms with Crippen LogP contribution in [0.4, 0.5) is 11.4 Å². The third-order valence-electron chi connectivity index (χ3n) is 7.61. The molecule has 4 aliphatic carbocycles. The fourth-order valence-corrected chi connectivity index (χ4v) is 6.54. The maximum absolute atomic E-state index is 12.6. The minimum Gasteiger partial charge on any atom is -0.452 e. The summed E-state index contributed by atoms with van der Waals surface area (Å²) in [5, 5.41) is 14.2. The molecule has 4 saturated carbocycles. The van der Waals surface area contributed by atoms with Crippen LogP contribution < -0.4 is 10.2 Å². The largest absolute Gasteiger partial charge is 0.452 e. The Morgan fingerprint density at radius 2 is 1.77 bits per heavy atom. The summed E-state index contributed by atoms with van der Waals surface area (Å²) in [6, 6.07) is 4.08. The highest BCUT2D eigenvalue weighted by atomic mass is 16.6. The maximum atomic E-state index is 12.6. The van der Waals surface area contributed by atoms with E-state index in [1.165, 1.54) is 56.7 Å². The molecule has 8 heteroatoms. The van der Waals surface area contributed by atoms with E-state index in [9.17, 15) is 19.7 Å². The summed E-state index contributed by atoms with van der Waals surface area (Å²) in [5.41, 5.74) is 0.545. The van der Waals surface area contributed by atoms with E-state index >= 15 is 0 Å².